The maximum absolute atomic E-state index is 12.1. The number of nitrogens with zero attached hydrogens (tertiary/aromatic N) is 1. The average Bonchev–Trinajstić information content (AvgIpc) is 2.54. The molecule has 1 aromatic heterocycles. The Morgan fingerprint density at radius 3 is 2.57 bits per heavy atom. The van der Waals surface area contributed by atoms with Crippen molar-refractivity contribution in [1.82, 2.24) is 10.3 Å². The van der Waals surface area contributed by atoms with Gasteiger partial charge in [0, 0.05) is 18.3 Å². The molecule has 2 aromatic rings. The van der Waals surface area contributed by atoms with Gasteiger partial charge in [-0.15, -0.1) is 0 Å². The van der Waals surface area contributed by atoms with Crippen LogP contribution in [0.5, 0.6) is 11.5 Å². The third-order valence-corrected chi connectivity index (χ3v) is 3.11. The Hall–Kier alpha value is -2.76. The number of ether oxygens (including phenoxy) is 2. The predicted octanol–water partition coefficient (Wildman–Crippen LogP) is 2.98. The molecule has 1 heterocycles. The van der Waals surface area contributed by atoms with Gasteiger partial charge >= 0.3 is 0 Å². The van der Waals surface area contributed by atoms with Crippen LogP contribution in [0.3, 0.4) is 0 Å². The molecule has 0 aliphatic rings. The van der Waals surface area contributed by atoms with Crippen molar-refractivity contribution < 1.29 is 14.3 Å². The third-order valence-electron chi connectivity index (χ3n) is 3.11. The van der Waals surface area contributed by atoms with Crippen molar-refractivity contribution in [3.63, 3.8) is 0 Å². The molecule has 6 nitrogen and oxygen atoms in total. The van der Waals surface area contributed by atoms with E-state index >= 15 is 0 Å². The number of pyridine rings is 1. The molecule has 0 atom stereocenters. The lowest BCUT2D eigenvalue weighted by Gasteiger charge is -2.13. The molecule has 0 aliphatic heterocycles. The van der Waals surface area contributed by atoms with Crippen molar-refractivity contribution in [2.45, 2.75) is 19.9 Å². The molecule has 0 radical (unpaired) electrons. The van der Waals surface area contributed by atoms with Crippen molar-refractivity contribution >= 4 is 17.3 Å². The molecule has 0 saturated heterocycles. The second kappa shape index (κ2) is 7.49. The van der Waals surface area contributed by atoms with Crippen molar-refractivity contribution in [2.24, 2.45) is 0 Å². The van der Waals surface area contributed by atoms with Gasteiger partial charge in [-0.1, -0.05) is 0 Å². The summed E-state index contributed by atoms with van der Waals surface area (Å²) in [4.78, 5) is 16.2. The average molecular weight is 315 g/mol. The molecule has 0 unspecified atom stereocenters. The molecule has 1 aromatic carbocycles. The fraction of sp³-hybridized carbons (Fsp3) is 0.294. The van der Waals surface area contributed by atoms with Gasteiger partial charge in [0.25, 0.3) is 5.91 Å². The Morgan fingerprint density at radius 1 is 1.13 bits per heavy atom. The molecule has 6 heteroatoms. The van der Waals surface area contributed by atoms with Crippen LogP contribution in [0.4, 0.5) is 11.4 Å². The van der Waals surface area contributed by atoms with E-state index in [1.54, 1.807) is 26.5 Å². The summed E-state index contributed by atoms with van der Waals surface area (Å²) < 4.78 is 10.6. The van der Waals surface area contributed by atoms with Gasteiger partial charge in [-0.25, -0.2) is 0 Å². The number of anilines is 2. The van der Waals surface area contributed by atoms with E-state index in [1.165, 1.54) is 6.20 Å². The summed E-state index contributed by atoms with van der Waals surface area (Å²) in [5, 5.41) is 6.04. The zero-order valence-corrected chi connectivity index (χ0v) is 13.7. The van der Waals surface area contributed by atoms with Crippen LogP contribution in [0.2, 0.25) is 0 Å². The van der Waals surface area contributed by atoms with E-state index in [1.807, 2.05) is 32.0 Å². The van der Waals surface area contributed by atoms with Gasteiger partial charge in [0.15, 0.2) is 0 Å². The van der Waals surface area contributed by atoms with Crippen LogP contribution in [0, 0.1) is 0 Å². The molecule has 0 saturated carbocycles. The minimum absolute atomic E-state index is 0.0672. The topological polar surface area (TPSA) is 72.5 Å². The maximum Gasteiger partial charge on any atom is 0.253 e. The van der Waals surface area contributed by atoms with E-state index in [0.29, 0.717) is 22.7 Å². The first kappa shape index (κ1) is 16.6. The van der Waals surface area contributed by atoms with Crippen LogP contribution in [0.15, 0.2) is 36.7 Å². The lowest BCUT2D eigenvalue weighted by atomic mass is 10.2. The van der Waals surface area contributed by atoms with Gasteiger partial charge in [0.1, 0.15) is 11.5 Å². The number of methoxy groups -OCH3 is 2. The zero-order valence-electron chi connectivity index (χ0n) is 13.7. The van der Waals surface area contributed by atoms with Crippen molar-refractivity contribution in [3.05, 3.63) is 42.2 Å². The van der Waals surface area contributed by atoms with Crippen LogP contribution >= 0.6 is 0 Å². The highest BCUT2D eigenvalue weighted by Gasteiger charge is 2.10. The minimum atomic E-state index is -0.159. The smallest absolute Gasteiger partial charge is 0.253 e. The highest BCUT2D eigenvalue weighted by molar-refractivity contribution is 5.95. The Bertz CT molecular complexity index is 687. The summed E-state index contributed by atoms with van der Waals surface area (Å²) in [5.41, 5.74) is 1.91. The first-order chi connectivity index (χ1) is 11.0. The van der Waals surface area contributed by atoms with E-state index in [0.717, 1.165) is 5.69 Å². The van der Waals surface area contributed by atoms with Crippen molar-refractivity contribution in [3.8, 4) is 11.5 Å². The lowest BCUT2D eigenvalue weighted by Crippen LogP contribution is -2.30. The van der Waals surface area contributed by atoms with E-state index in [-0.39, 0.29) is 11.9 Å². The molecule has 122 valence electrons. The van der Waals surface area contributed by atoms with Crippen LogP contribution in [0.1, 0.15) is 24.2 Å². The zero-order chi connectivity index (χ0) is 16.8. The van der Waals surface area contributed by atoms with Gasteiger partial charge in [0.05, 0.1) is 37.4 Å². The minimum Gasteiger partial charge on any atom is -0.497 e. The summed E-state index contributed by atoms with van der Waals surface area (Å²) in [7, 11) is 3.20. The lowest BCUT2D eigenvalue weighted by molar-refractivity contribution is 0.0943. The Balaban J connectivity index is 2.25. The second-order valence-electron chi connectivity index (χ2n) is 5.28. The highest BCUT2D eigenvalue weighted by atomic mass is 16.5. The number of hydrogen-bond donors (Lipinski definition) is 2. The number of carbonyl (C=O) groups excluding carboxylic acids is 1. The molecule has 2 rings (SSSR count). The van der Waals surface area contributed by atoms with E-state index in [4.69, 9.17) is 9.47 Å². The third kappa shape index (κ3) is 4.35. The van der Waals surface area contributed by atoms with Crippen LogP contribution in [0.25, 0.3) is 0 Å². The molecule has 0 spiro atoms. The van der Waals surface area contributed by atoms with Gasteiger partial charge in [-0.05, 0) is 32.0 Å². The first-order valence-electron chi connectivity index (χ1n) is 7.28. The predicted molar refractivity (Wildman–Crippen MR) is 89.7 cm³/mol. The molecule has 0 bridgehead atoms. The molecular formula is C17H21N3O3. The SMILES string of the molecule is COc1ccc(OC)c(Nc2cncc(C(=O)NC(C)C)c2)c1. The number of amides is 1. The van der Waals surface area contributed by atoms with Gasteiger partial charge in [-0.2, -0.15) is 0 Å². The first-order valence-corrected chi connectivity index (χ1v) is 7.28. The molecular weight excluding hydrogens is 294 g/mol. The molecule has 23 heavy (non-hydrogen) atoms. The van der Waals surface area contributed by atoms with Crippen molar-refractivity contribution in [2.75, 3.05) is 19.5 Å². The number of rotatable bonds is 6. The molecule has 2 N–H and O–H groups in total. The largest absolute Gasteiger partial charge is 0.497 e. The Kier molecular flexibility index (Phi) is 5.41. The molecule has 0 fully saturated rings. The molecule has 0 aliphatic carbocycles. The summed E-state index contributed by atoms with van der Waals surface area (Å²) >= 11 is 0. The number of aromatic nitrogens is 1. The quantitative estimate of drug-likeness (QED) is 0.857. The summed E-state index contributed by atoms with van der Waals surface area (Å²) in [6.07, 6.45) is 3.18. The molecule has 1 amide bonds. The van der Waals surface area contributed by atoms with Gasteiger partial charge in [0.2, 0.25) is 0 Å². The standard InChI is InChI=1S/C17H21N3O3/c1-11(2)19-17(21)12-7-13(10-18-9-12)20-15-8-14(22-3)5-6-16(15)23-4/h5-11,20H,1-4H3,(H,19,21). The Morgan fingerprint density at radius 2 is 1.91 bits per heavy atom. The van der Waals surface area contributed by atoms with Crippen LogP contribution in [-0.4, -0.2) is 31.2 Å². The number of carbonyl (C=O) groups is 1. The fourth-order valence-corrected chi connectivity index (χ4v) is 2.05. The van der Waals surface area contributed by atoms with Gasteiger partial charge in [-0.3, -0.25) is 9.78 Å². The maximum atomic E-state index is 12.1. The fourth-order valence-electron chi connectivity index (χ4n) is 2.05. The van der Waals surface area contributed by atoms with Crippen LogP contribution < -0.4 is 20.1 Å². The second-order valence-corrected chi connectivity index (χ2v) is 5.28. The Labute approximate surface area is 135 Å². The summed E-state index contributed by atoms with van der Waals surface area (Å²) in [6, 6.07) is 7.25. The normalized spacial score (nSPS) is 10.3. The monoisotopic (exact) mass is 315 g/mol. The summed E-state index contributed by atoms with van der Waals surface area (Å²) in [6.45, 7) is 3.82. The number of nitrogens with one attached hydrogen (secondary N) is 2. The summed E-state index contributed by atoms with van der Waals surface area (Å²) in [5.74, 6) is 1.21. The van der Waals surface area contributed by atoms with E-state index in [9.17, 15) is 4.79 Å². The van der Waals surface area contributed by atoms with Gasteiger partial charge < -0.3 is 20.1 Å². The number of hydrogen-bond acceptors (Lipinski definition) is 5. The highest BCUT2D eigenvalue weighted by Crippen LogP contribution is 2.31. The van der Waals surface area contributed by atoms with Crippen LogP contribution in [-0.2, 0) is 0 Å². The van der Waals surface area contributed by atoms with Crippen molar-refractivity contribution in [1.29, 1.82) is 0 Å². The number of benzene rings is 1. The van der Waals surface area contributed by atoms with E-state index in [2.05, 4.69) is 15.6 Å². The van der Waals surface area contributed by atoms with E-state index < -0.39 is 0 Å².